The lowest BCUT2D eigenvalue weighted by Crippen LogP contribution is -2.42. The number of rotatable bonds is 7. The van der Waals surface area contributed by atoms with E-state index in [2.05, 4.69) is 31.4 Å². The van der Waals surface area contributed by atoms with E-state index < -0.39 is 5.60 Å². The number of anilines is 2. The predicted molar refractivity (Wildman–Crippen MR) is 141 cm³/mol. The summed E-state index contributed by atoms with van der Waals surface area (Å²) in [7, 11) is 1.49. The fraction of sp³-hybridized carbons (Fsp3) is 0.286. The molecular formula is C28H31ClN2O4. The molecule has 2 N–H and O–H groups in total. The van der Waals surface area contributed by atoms with Crippen LogP contribution in [-0.2, 0) is 10.2 Å². The fourth-order valence-corrected chi connectivity index (χ4v) is 3.57. The molecule has 0 aliphatic heterocycles. The van der Waals surface area contributed by atoms with E-state index in [-0.39, 0.29) is 17.2 Å². The Morgan fingerprint density at radius 3 is 2.11 bits per heavy atom. The third-order valence-electron chi connectivity index (χ3n) is 5.47. The van der Waals surface area contributed by atoms with Gasteiger partial charge in [-0.25, -0.2) is 0 Å². The highest BCUT2D eigenvalue weighted by molar-refractivity contribution is 6.34. The first kappa shape index (κ1) is 26.1. The Hall–Kier alpha value is -3.51. The second kappa shape index (κ2) is 10.4. The molecule has 0 aliphatic rings. The Labute approximate surface area is 211 Å². The zero-order chi connectivity index (χ0) is 25.8. The standard InChI is InChI=1S/C28H31ClN2O4/c1-27(2,3)18-11-14-20(15-12-18)35-28(4,5)26(33)30-19-13-16-23(24(17-19)34-6)31-25(32)21-9-7-8-10-22(21)29/h7-17H,1-6H3,(H,30,33)(H,31,32). The summed E-state index contributed by atoms with van der Waals surface area (Å²) in [5.74, 6) is 0.304. The minimum Gasteiger partial charge on any atom is -0.494 e. The number of nitrogens with one attached hydrogen (secondary N) is 2. The molecule has 3 aromatic carbocycles. The van der Waals surface area contributed by atoms with Gasteiger partial charge in [-0.1, -0.05) is 56.6 Å². The number of carbonyl (C=O) groups excluding carboxylic acids is 2. The minimum absolute atomic E-state index is 0.0312. The van der Waals surface area contributed by atoms with Crippen LogP contribution in [0.1, 0.15) is 50.5 Å². The van der Waals surface area contributed by atoms with E-state index in [4.69, 9.17) is 21.1 Å². The van der Waals surface area contributed by atoms with Crippen LogP contribution in [-0.4, -0.2) is 24.5 Å². The van der Waals surface area contributed by atoms with E-state index in [9.17, 15) is 9.59 Å². The number of amides is 2. The van der Waals surface area contributed by atoms with Gasteiger partial charge in [-0.05, 0) is 61.2 Å². The predicted octanol–water partition coefficient (Wildman–Crippen LogP) is 6.69. The van der Waals surface area contributed by atoms with Crippen LogP contribution in [0.3, 0.4) is 0 Å². The Morgan fingerprint density at radius 2 is 1.51 bits per heavy atom. The van der Waals surface area contributed by atoms with Gasteiger partial charge in [0.25, 0.3) is 11.8 Å². The van der Waals surface area contributed by atoms with Crippen LogP contribution >= 0.6 is 11.6 Å². The van der Waals surface area contributed by atoms with Crippen molar-refractivity contribution < 1.29 is 19.1 Å². The van der Waals surface area contributed by atoms with Crippen molar-refractivity contribution in [3.63, 3.8) is 0 Å². The number of halogens is 1. The van der Waals surface area contributed by atoms with Crippen LogP contribution in [0.25, 0.3) is 0 Å². The van der Waals surface area contributed by atoms with Crippen molar-refractivity contribution in [2.75, 3.05) is 17.7 Å². The van der Waals surface area contributed by atoms with Gasteiger partial charge in [0.15, 0.2) is 5.60 Å². The van der Waals surface area contributed by atoms with Crippen LogP contribution < -0.4 is 20.1 Å². The lowest BCUT2D eigenvalue weighted by atomic mass is 9.87. The van der Waals surface area contributed by atoms with Gasteiger partial charge in [-0.15, -0.1) is 0 Å². The summed E-state index contributed by atoms with van der Waals surface area (Å²) in [6.45, 7) is 9.83. The maximum atomic E-state index is 13.0. The largest absolute Gasteiger partial charge is 0.494 e. The molecule has 0 aliphatic carbocycles. The molecule has 0 spiro atoms. The molecule has 0 atom stereocenters. The molecule has 0 saturated heterocycles. The number of hydrogen-bond donors (Lipinski definition) is 2. The highest BCUT2D eigenvalue weighted by atomic mass is 35.5. The zero-order valence-electron chi connectivity index (χ0n) is 20.9. The molecule has 7 heteroatoms. The first-order valence-electron chi connectivity index (χ1n) is 11.3. The van der Waals surface area contributed by atoms with Crippen molar-refractivity contribution in [3.8, 4) is 11.5 Å². The van der Waals surface area contributed by atoms with Crippen LogP contribution in [0.5, 0.6) is 11.5 Å². The quantitative estimate of drug-likeness (QED) is 0.383. The second-order valence-electron chi connectivity index (χ2n) is 9.69. The van der Waals surface area contributed by atoms with Crippen molar-refractivity contribution >= 4 is 34.8 Å². The van der Waals surface area contributed by atoms with Gasteiger partial charge >= 0.3 is 0 Å². The fourth-order valence-electron chi connectivity index (χ4n) is 3.35. The Bertz CT molecular complexity index is 1210. The van der Waals surface area contributed by atoms with Gasteiger partial charge in [-0.2, -0.15) is 0 Å². The molecule has 0 fully saturated rings. The molecule has 3 rings (SSSR count). The van der Waals surface area contributed by atoms with E-state index in [0.29, 0.717) is 33.5 Å². The number of benzene rings is 3. The van der Waals surface area contributed by atoms with Crippen LogP contribution in [0.4, 0.5) is 11.4 Å². The van der Waals surface area contributed by atoms with Gasteiger partial charge in [0.05, 0.1) is 23.4 Å². The van der Waals surface area contributed by atoms with Crippen LogP contribution in [0.2, 0.25) is 5.02 Å². The van der Waals surface area contributed by atoms with Crippen LogP contribution in [0.15, 0.2) is 66.7 Å². The highest BCUT2D eigenvalue weighted by Gasteiger charge is 2.30. The lowest BCUT2D eigenvalue weighted by Gasteiger charge is -2.26. The van der Waals surface area contributed by atoms with E-state index >= 15 is 0 Å². The molecule has 0 radical (unpaired) electrons. The molecule has 0 unspecified atom stereocenters. The maximum absolute atomic E-state index is 13.0. The Balaban J connectivity index is 1.70. The molecule has 6 nitrogen and oxygen atoms in total. The average molecular weight is 495 g/mol. The summed E-state index contributed by atoms with van der Waals surface area (Å²) in [4.78, 5) is 25.6. The van der Waals surface area contributed by atoms with Gasteiger partial charge in [0.1, 0.15) is 11.5 Å². The van der Waals surface area contributed by atoms with Crippen molar-refractivity contribution in [2.24, 2.45) is 0 Å². The molecule has 2 amide bonds. The average Bonchev–Trinajstić information content (AvgIpc) is 2.79. The summed E-state index contributed by atoms with van der Waals surface area (Å²) >= 11 is 6.12. The molecule has 3 aromatic rings. The number of carbonyl (C=O) groups is 2. The van der Waals surface area contributed by atoms with E-state index in [0.717, 1.165) is 0 Å². The summed E-state index contributed by atoms with van der Waals surface area (Å²) in [5, 5.41) is 6.00. The van der Waals surface area contributed by atoms with E-state index in [1.54, 1.807) is 56.3 Å². The zero-order valence-corrected chi connectivity index (χ0v) is 21.6. The Kier molecular flexibility index (Phi) is 7.76. The van der Waals surface area contributed by atoms with Gasteiger partial charge in [-0.3, -0.25) is 9.59 Å². The monoisotopic (exact) mass is 494 g/mol. The van der Waals surface area contributed by atoms with Crippen molar-refractivity contribution in [1.29, 1.82) is 0 Å². The van der Waals surface area contributed by atoms with Crippen molar-refractivity contribution in [3.05, 3.63) is 82.9 Å². The Morgan fingerprint density at radius 1 is 0.857 bits per heavy atom. The van der Waals surface area contributed by atoms with Gasteiger partial charge < -0.3 is 20.1 Å². The first-order chi connectivity index (χ1) is 16.4. The van der Waals surface area contributed by atoms with Crippen molar-refractivity contribution in [2.45, 2.75) is 45.6 Å². The van der Waals surface area contributed by atoms with Crippen molar-refractivity contribution in [1.82, 2.24) is 0 Å². The first-order valence-corrected chi connectivity index (χ1v) is 11.6. The number of ether oxygens (including phenoxy) is 2. The lowest BCUT2D eigenvalue weighted by molar-refractivity contribution is -0.128. The molecule has 184 valence electrons. The minimum atomic E-state index is -1.13. The SMILES string of the molecule is COc1cc(NC(=O)C(C)(C)Oc2ccc(C(C)(C)C)cc2)ccc1NC(=O)c1ccccc1Cl. The van der Waals surface area contributed by atoms with Crippen LogP contribution in [0, 0.1) is 0 Å². The maximum Gasteiger partial charge on any atom is 0.267 e. The highest BCUT2D eigenvalue weighted by Crippen LogP contribution is 2.30. The molecule has 0 aromatic heterocycles. The summed E-state index contributed by atoms with van der Waals surface area (Å²) in [6, 6.07) is 19.5. The number of methoxy groups -OCH3 is 1. The summed E-state index contributed by atoms with van der Waals surface area (Å²) in [6.07, 6.45) is 0. The summed E-state index contributed by atoms with van der Waals surface area (Å²) < 4.78 is 11.4. The second-order valence-corrected chi connectivity index (χ2v) is 10.1. The third-order valence-corrected chi connectivity index (χ3v) is 5.80. The van der Waals surface area contributed by atoms with Gasteiger partial charge in [0.2, 0.25) is 0 Å². The van der Waals surface area contributed by atoms with E-state index in [1.807, 2.05) is 24.3 Å². The molecule has 0 saturated carbocycles. The molecule has 0 heterocycles. The third kappa shape index (κ3) is 6.55. The molecule has 35 heavy (non-hydrogen) atoms. The van der Waals surface area contributed by atoms with E-state index in [1.165, 1.54) is 12.7 Å². The topological polar surface area (TPSA) is 76.7 Å². The normalized spacial score (nSPS) is 11.5. The molecule has 0 bridgehead atoms. The van der Waals surface area contributed by atoms with Gasteiger partial charge in [0, 0.05) is 11.8 Å². The smallest absolute Gasteiger partial charge is 0.267 e. The molecular weight excluding hydrogens is 464 g/mol. The summed E-state index contributed by atoms with van der Waals surface area (Å²) in [5.41, 5.74) is 1.38. The number of hydrogen-bond acceptors (Lipinski definition) is 4.